The zero-order valence-corrected chi connectivity index (χ0v) is 17.5. The molecule has 32 heavy (non-hydrogen) atoms. The van der Waals surface area contributed by atoms with E-state index in [1.165, 1.54) is 48.6 Å². The SMILES string of the molecule is COc1cc(/C=N\NC(=O)c2nnn(-c3nonc3N)c2-c2cccs2)cc(OC)c1O. The Balaban J connectivity index is 1.62. The average molecular weight is 456 g/mol. The number of hydrazone groups is 1. The van der Waals surface area contributed by atoms with E-state index in [-0.39, 0.29) is 34.6 Å². The number of hydrogen-bond acceptors (Lipinski definition) is 12. The van der Waals surface area contributed by atoms with Crippen LogP contribution in [-0.4, -0.2) is 56.8 Å². The van der Waals surface area contributed by atoms with Gasteiger partial charge in [0.15, 0.2) is 17.2 Å². The number of rotatable bonds is 7. The smallest absolute Gasteiger partial charge is 0.294 e. The lowest BCUT2D eigenvalue weighted by molar-refractivity contribution is 0.0951. The molecule has 0 bridgehead atoms. The molecule has 14 heteroatoms. The van der Waals surface area contributed by atoms with Crippen molar-refractivity contribution in [1.82, 2.24) is 30.7 Å². The summed E-state index contributed by atoms with van der Waals surface area (Å²) in [6, 6.07) is 6.66. The number of anilines is 1. The first-order valence-corrected chi connectivity index (χ1v) is 9.77. The van der Waals surface area contributed by atoms with Gasteiger partial charge in [-0.25, -0.2) is 10.1 Å². The van der Waals surface area contributed by atoms with Gasteiger partial charge in [0, 0.05) is 5.56 Å². The van der Waals surface area contributed by atoms with Gasteiger partial charge >= 0.3 is 0 Å². The average Bonchev–Trinajstić information content (AvgIpc) is 3.54. The second-order valence-electron chi connectivity index (χ2n) is 6.12. The van der Waals surface area contributed by atoms with Gasteiger partial charge in [-0.1, -0.05) is 11.3 Å². The molecule has 0 aliphatic rings. The van der Waals surface area contributed by atoms with Crippen molar-refractivity contribution in [3.8, 4) is 33.6 Å². The predicted octanol–water partition coefficient (Wildman–Crippen LogP) is 1.45. The van der Waals surface area contributed by atoms with Crippen molar-refractivity contribution in [3.05, 3.63) is 40.9 Å². The van der Waals surface area contributed by atoms with Crippen LogP contribution in [0.5, 0.6) is 17.2 Å². The number of amides is 1. The molecule has 3 heterocycles. The van der Waals surface area contributed by atoms with Crippen molar-refractivity contribution >= 4 is 29.3 Å². The maximum absolute atomic E-state index is 12.8. The van der Waals surface area contributed by atoms with Crippen LogP contribution in [0.4, 0.5) is 5.82 Å². The molecule has 4 rings (SSSR count). The van der Waals surface area contributed by atoms with E-state index >= 15 is 0 Å². The number of nitrogens with two attached hydrogens (primary N) is 1. The van der Waals surface area contributed by atoms with Crippen molar-refractivity contribution in [3.63, 3.8) is 0 Å². The van der Waals surface area contributed by atoms with Gasteiger partial charge in [0.1, 0.15) is 5.69 Å². The summed E-state index contributed by atoms with van der Waals surface area (Å²) in [4.78, 5) is 13.5. The topological polar surface area (TPSA) is 176 Å². The van der Waals surface area contributed by atoms with Gasteiger partial charge in [0.05, 0.1) is 25.3 Å². The number of phenolic OH excluding ortho intramolecular Hbond substituents is 1. The summed E-state index contributed by atoms with van der Waals surface area (Å²) >= 11 is 1.37. The van der Waals surface area contributed by atoms with Crippen LogP contribution in [-0.2, 0) is 0 Å². The number of carbonyl (C=O) groups excluding carboxylic acids is 1. The lowest BCUT2D eigenvalue weighted by atomic mass is 10.2. The number of aromatic nitrogens is 5. The molecular formula is C18H16N8O5S. The van der Waals surface area contributed by atoms with E-state index < -0.39 is 5.91 Å². The van der Waals surface area contributed by atoms with Gasteiger partial charge in [0.2, 0.25) is 17.4 Å². The van der Waals surface area contributed by atoms with Crippen LogP contribution >= 0.6 is 11.3 Å². The van der Waals surface area contributed by atoms with E-state index in [1.807, 2.05) is 11.4 Å². The predicted molar refractivity (Wildman–Crippen MR) is 113 cm³/mol. The van der Waals surface area contributed by atoms with E-state index in [0.29, 0.717) is 16.1 Å². The Morgan fingerprint density at radius 3 is 2.66 bits per heavy atom. The van der Waals surface area contributed by atoms with Crippen molar-refractivity contribution in [1.29, 1.82) is 0 Å². The van der Waals surface area contributed by atoms with Crippen molar-refractivity contribution in [2.24, 2.45) is 5.10 Å². The summed E-state index contributed by atoms with van der Waals surface area (Å²) in [5, 5.41) is 31.0. The fourth-order valence-electron chi connectivity index (χ4n) is 2.76. The molecule has 164 valence electrons. The summed E-state index contributed by atoms with van der Waals surface area (Å²) in [5.41, 5.74) is 9.02. The minimum atomic E-state index is -0.622. The highest BCUT2D eigenvalue weighted by Gasteiger charge is 2.25. The van der Waals surface area contributed by atoms with Crippen molar-refractivity contribution in [2.45, 2.75) is 0 Å². The van der Waals surface area contributed by atoms with E-state index in [0.717, 1.165) is 0 Å². The Bertz CT molecular complexity index is 1260. The van der Waals surface area contributed by atoms with Gasteiger partial charge in [-0.3, -0.25) is 4.79 Å². The van der Waals surface area contributed by atoms with Crippen LogP contribution in [0.25, 0.3) is 16.4 Å². The number of benzene rings is 1. The number of hydrogen-bond donors (Lipinski definition) is 3. The van der Waals surface area contributed by atoms with Gasteiger partial charge in [0.25, 0.3) is 5.91 Å². The van der Waals surface area contributed by atoms with Crippen LogP contribution in [0.3, 0.4) is 0 Å². The van der Waals surface area contributed by atoms with Crippen LogP contribution < -0.4 is 20.6 Å². The van der Waals surface area contributed by atoms with Gasteiger partial charge < -0.3 is 20.3 Å². The van der Waals surface area contributed by atoms with E-state index in [1.54, 1.807) is 6.07 Å². The number of methoxy groups -OCH3 is 2. The zero-order valence-electron chi connectivity index (χ0n) is 16.7. The van der Waals surface area contributed by atoms with Crippen LogP contribution in [0.15, 0.2) is 39.4 Å². The monoisotopic (exact) mass is 456 g/mol. The second-order valence-corrected chi connectivity index (χ2v) is 7.07. The second kappa shape index (κ2) is 8.73. The van der Waals surface area contributed by atoms with Crippen LogP contribution in [0, 0.1) is 0 Å². The standard InChI is InChI=1S/C18H16N8O5S/c1-29-10-6-9(7-11(30-2)15(10)27)8-20-22-18(28)13-14(12-4-3-5-32-12)26(25-21-13)17-16(19)23-31-24-17/h3-8,27H,1-2H3,(H2,19,23)(H,22,28)/b20-8-. The number of nitrogen functional groups attached to an aromatic ring is 1. The molecule has 4 N–H and O–H groups in total. The number of thiophene rings is 1. The molecular weight excluding hydrogens is 440 g/mol. The van der Waals surface area contributed by atoms with Crippen LogP contribution in [0.2, 0.25) is 0 Å². The molecule has 13 nitrogen and oxygen atoms in total. The number of carbonyl (C=O) groups is 1. The number of nitrogens with one attached hydrogen (secondary N) is 1. The Hall–Kier alpha value is -4.46. The zero-order chi connectivity index (χ0) is 22.7. The third-order valence-corrected chi connectivity index (χ3v) is 5.09. The quantitative estimate of drug-likeness (QED) is 0.272. The summed E-state index contributed by atoms with van der Waals surface area (Å²) < 4.78 is 16.1. The molecule has 4 aromatic rings. The fraction of sp³-hybridized carbons (Fsp3) is 0.111. The summed E-state index contributed by atoms with van der Waals surface area (Å²) in [6.07, 6.45) is 1.36. The molecule has 0 saturated carbocycles. The third-order valence-electron chi connectivity index (χ3n) is 4.22. The molecule has 0 fully saturated rings. The van der Waals surface area contributed by atoms with E-state index in [9.17, 15) is 9.90 Å². The number of phenols is 1. The first-order valence-electron chi connectivity index (χ1n) is 8.89. The minimum absolute atomic E-state index is 0.00656. The highest BCUT2D eigenvalue weighted by Crippen LogP contribution is 2.36. The summed E-state index contributed by atoms with van der Waals surface area (Å²) in [6.45, 7) is 0. The molecule has 0 aliphatic carbocycles. The van der Waals surface area contributed by atoms with Crippen molar-refractivity contribution in [2.75, 3.05) is 20.0 Å². The lowest BCUT2D eigenvalue weighted by Crippen LogP contribution is -2.19. The maximum atomic E-state index is 12.8. The molecule has 0 saturated heterocycles. The first-order chi connectivity index (χ1) is 15.5. The molecule has 1 amide bonds. The fourth-order valence-corrected chi connectivity index (χ4v) is 3.52. The molecule has 0 aliphatic heterocycles. The number of ether oxygens (including phenoxy) is 2. The lowest BCUT2D eigenvalue weighted by Gasteiger charge is -2.09. The molecule has 0 spiro atoms. The van der Waals surface area contributed by atoms with Gasteiger partial charge in [-0.05, 0) is 33.9 Å². The maximum Gasteiger partial charge on any atom is 0.294 e. The molecule has 3 aromatic heterocycles. The Kier molecular flexibility index (Phi) is 5.67. The summed E-state index contributed by atoms with van der Waals surface area (Å²) in [5.74, 6) is -0.281. The molecule has 0 unspecified atom stereocenters. The highest BCUT2D eigenvalue weighted by atomic mass is 32.1. The minimum Gasteiger partial charge on any atom is -0.502 e. The van der Waals surface area contributed by atoms with E-state index in [2.05, 4.69) is 35.8 Å². The molecule has 0 radical (unpaired) electrons. The van der Waals surface area contributed by atoms with Crippen LogP contribution in [0.1, 0.15) is 16.1 Å². The van der Waals surface area contributed by atoms with Gasteiger partial charge in [-0.2, -0.15) is 9.78 Å². The first kappa shape index (κ1) is 20.8. The normalized spacial score (nSPS) is 11.1. The van der Waals surface area contributed by atoms with Crippen molar-refractivity contribution < 1.29 is 24.0 Å². The Labute approximate surface area is 184 Å². The summed E-state index contributed by atoms with van der Waals surface area (Å²) in [7, 11) is 2.81. The van der Waals surface area contributed by atoms with E-state index in [4.69, 9.17) is 15.2 Å². The number of aromatic hydroxyl groups is 1. The Morgan fingerprint density at radius 1 is 1.31 bits per heavy atom. The highest BCUT2D eigenvalue weighted by molar-refractivity contribution is 7.13. The largest absolute Gasteiger partial charge is 0.502 e. The molecule has 1 aromatic carbocycles. The molecule has 0 atom stereocenters. The third kappa shape index (κ3) is 3.81. The number of nitrogens with zero attached hydrogens (tertiary/aromatic N) is 6. The van der Waals surface area contributed by atoms with Gasteiger partial charge in [-0.15, -0.1) is 16.4 Å². The Morgan fingerprint density at radius 2 is 2.06 bits per heavy atom.